The molecule has 20 N–H and O–H groups in total. The normalized spacial score (nSPS) is 39.2. The third kappa shape index (κ3) is 15.3. The first-order valence-corrected chi connectivity index (χ1v) is 21.7. The smallest absolute Gasteiger partial charge is 0.320 e. The number of carbonyl (C=O) groups is 4. The highest BCUT2D eigenvalue weighted by molar-refractivity contribution is 5.79. The highest BCUT2D eigenvalue weighted by Crippen LogP contribution is 2.35. The maximum atomic E-state index is 11.6. The number of aliphatic hydroxyl groups excluding tert-OH is 12. The van der Waals surface area contributed by atoms with E-state index in [0.29, 0.717) is 13.1 Å². The van der Waals surface area contributed by atoms with E-state index in [-0.39, 0.29) is 37.5 Å². The fourth-order valence-electron chi connectivity index (χ4n) is 7.46. The van der Waals surface area contributed by atoms with E-state index in [1.807, 2.05) is 0 Å². The summed E-state index contributed by atoms with van der Waals surface area (Å²) in [6.45, 7) is 0.119. The number of carbonyl (C=O) groups excluding carboxylic acids is 2. The minimum absolute atomic E-state index is 0.109. The third-order valence-corrected chi connectivity index (χ3v) is 11.5. The highest BCUT2D eigenvalue weighted by Gasteiger charge is 2.57. The summed E-state index contributed by atoms with van der Waals surface area (Å²) >= 11 is 0. The van der Waals surface area contributed by atoms with Gasteiger partial charge in [0.2, 0.25) is 23.4 Å². The quantitative estimate of drug-likeness (QED) is 0.0452. The molecule has 4 heterocycles. The predicted octanol–water partition coefficient (Wildman–Crippen LogP) is -10.9. The molecule has 0 saturated carbocycles. The number of ether oxygens (including phenoxy) is 6. The number of hydrogen-bond donors (Lipinski definition) is 20. The van der Waals surface area contributed by atoms with Crippen LogP contribution < -0.4 is 21.3 Å². The van der Waals surface area contributed by atoms with Crippen LogP contribution in [-0.2, 0) is 47.6 Å². The molecule has 4 unspecified atom stereocenters. The summed E-state index contributed by atoms with van der Waals surface area (Å²) in [5, 5.41) is 170. The van der Waals surface area contributed by atoms with Crippen molar-refractivity contribution in [2.75, 3.05) is 52.6 Å². The maximum absolute atomic E-state index is 11.6. The van der Waals surface area contributed by atoms with Gasteiger partial charge in [-0.25, -0.2) is 0 Å². The average molecular weight is 997 g/mol. The second-order valence-electron chi connectivity index (χ2n) is 16.4. The maximum Gasteiger partial charge on any atom is 0.320 e. The molecular weight excluding hydrogens is 928 g/mol. The molecule has 30 nitrogen and oxygen atoms in total. The van der Waals surface area contributed by atoms with Gasteiger partial charge in [0.15, 0.2) is 12.6 Å². The molecule has 2 amide bonds. The van der Waals surface area contributed by atoms with Crippen molar-refractivity contribution in [1.29, 1.82) is 0 Å². The van der Waals surface area contributed by atoms with Crippen LogP contribution >= 0.6 is 0 Å². The van der Waals surface area contributed by atoms with Gasteiger partial charge in [0.1, 0.15) is 97.5 Å². The van der Waals surface area contributed by atoms with Crippen molar-refractivity contribution in [2.24, 2.45) is 0 Å². The largest absolute Gasteiger partial charge is 0.480 e. The predicted molar refractivity (Wildman–Crippen MR) is 218 cm³/mol. The molecule has 0 aromatic heterocycles. The second-order valence-corrected chi connectivity index (χ2v) is 16.4. The molecule has 0 aromatic carbocycles. The van der Waals surface area contributed by atoms with Crippen LogP contribution in [0.5, 0.6) is 0 Å². The van der Waals surface area contributed by atoms with Crippen LogP contribution in [0.25, 0.3) is 0 Å². The number of carboxylic acids is 2. The van der Waals surface area contributed by atoms with Crippen LogP contribution in [0.2, 0.25) is 0 Å². The van der Waals surface area contributed by atoms with Crippen molar-refractivity contribution in [3.8, 4) is 0 Å². The van der Waals surface area contributed by atoms with E-state index in [2.05, 4.69) is 21.3 Å². The number of carboxylic acid groups (broad SMARTS) is 2. The van der Waals surface area contributed by atoms with Crippen LogP contribution in [0.1, 0.15) is 39.5 Å². The molecule has 30 heteroatoms. The van der Waals surface area contributed by atoms with Gasteiger partial charge in [0, 0.05) is 25.9 Å². The fraction of sp³-hybridized carbons (Fsp3) is 0.895. The molecule has 0 aliphatic carbocycles. The molecule has 4 saturated heterocycles. The zero-order chi connectivity index (χ0) is 51.3. The number of amides is 2. The van der Waals surface area contributed by atoms with Gasteiger partial charge in [-0.3, -0.25) is 29.8 Å². The van der Waals surface area contributed by atoms with Gasteiger partial charge < -0.3 is 121 Å². The van der Waals surface area contributed by atoms with Gasteiger partial charge in [-0.15, -0.1) is 0 Å². The zero-order valence-corrected chi connectivity index (χ0v) is 37.1. The molecule has 396 valence electrons. The monoisotopic (exact) mass is 996 g/mol. The number of nitrogens with one attached hydrogen (secondary N) is 4. The average Bonchev–Trinajstić information content (AvgIpc) is 3.54. The third-order valence-electron chi connectivity index (χ3n) is 11.5. The van der Waals surface area contributed by atoms with Crippen LogP contribution in [0.15, 0.2) is 0 Å². The van der Waals surface area contributed by atoms with E-state index in [9.17, 15) is 101 Å². The first kappa shape index (κ1) is 59.3. The Bertz CT molecular complexity index is 1510. The minimum Gasteiger partial charge on any atom is -0.480 e. The number of aliphatic hydroxyl groups is 14. The van der Waals surface area contributed by atoms with Gasteiger partial charge in [0.25, 0.3) is 0 Å². The Balaban J connectivity index is 0.000000360. The molecule has 0 aromatic rings. The van der Waals surface area contributed by atoms with Gasteiger partial charge in [0.05, 0.1) is 39.5 Å². The Kier molecular flexibility index (Phi) is 23.5. The molecule has 0 bridgehead atoms. The second kappa shape index (κ2) is 27.0. The SMILES string of the molecule is CCNC(=O)CC[C@H](NCC1(O)OC[C@@H](O)C(O[C@H]2O[C@H](CO)[C@@H](O)[C@H](O)[C@H]2O)[C@@H]1O)C(=O)O.CCNC(=O)CC[C@H](NCC1(O)O[C@H](CO)C(O[C@H]2O[C@H](CO)[C@@H](O)[C@H](O)[C@H]2O)[C@@H]1O)C(=O)O. The fourth-order valence-corrected chi connectivity index (χ4v) is 7.46. The van der Waals surface area contributed by atoms with Gasteiger partial charge in [-0.05, 0) is 26.7 Å². The number of aliphatic carboxylic acids is 2. The minimum atomic E-state index is -2.45. The molecule has 20 atom stereocenters. The van der Waals surface area contributed by atoms with Gasteiger partial charge in [-0.1, -0.05) is 0 Å². The lowest BCUT2D eigenvalue weighted by Crippen LogP contribution is -2.68. The van der Waals surface area contributed by atoms with Crippen LogP contribution in [0, 0.1) is 0 Å². The van der Waals surface area contributed by atoms with Crippen molar-refractivity contribution in [2.45, 2.75) is 161 Å². The summed E-state index contributed by atoms with van der Waals surface area (Å²) in [4.78, 5) is 46.2. The highest BCUT2D eigenvalue weighted by atomic mass is 16.7. The molecular formula is C38H68N4O26. The summed E-state index contributed by atoms with van der Waals surface area (Å²) in [5.74, 6) is -8.23. The Morgan fingerprint density at radius 3 is 1.38 bits per heavy atom. The summed E-state index contributed by atoms with van der Waals surface area (Å²) < 4.78 is 31.6. The summed E-state index contributed by atoms with van der Waals surface area (Å²) in [6.07, 6.45) is -26.8. The van der Waals surface area contributed by atoms with Gasteiger partial charge >= 0.3 is 11.9 Å². The molecule has 0 spiro atoms. The Labute approximate surface area is 387 Å². The van der Waals surface area contributed by atoms with Crippen LogP contribution in [0.3, 0.4) is 0 Å². The van der Waals surface area contributed by atoms with E-state index < -0.39 is 173 Å². The Hall–Kier alpha value is -3.00. The van der Waals surface area contributed by atoms with Crippen LogP contribution in [0.4, 0.5) is 0 Å². The van der Waals surface area contributed by atoms with Crippen molar-refractivity contribution < 1.29 is 129 Å². The number of hydrogen-bond acceptors (Lipinski definition) is 26. The lowest BCUT2D eigenvalue weighted by Gasteiger charge is -2.47. The first-order valence-electron chi connectivity index (χ1n) is 21.7. The summed E-state index contributed by atoms with van der Waals surface area (Å²) in [5.41, 5.74) is 0. The topological polar surface area (TPSA) is 495 Å². The van der Waals surface area contributed by atoms with E-state index in [0.717, 1.165) is 0 Å². The Morgan fingerprint density at radius 1 is 0.588 bits per heavy atom. The van der Waals surface area contributed by atoms with Crippen LogP contribution in [-0.4, -0.2) is 280 Å². The summed E-state index contributed by atoms with van der Waals surface area (Å²) in [6, 6.07) is -2.56. The van der Waals surface area contributed by atoms with Crippen molar-refractivity contribution in [3.05, 3.63) is 0 Å². The molecule has 4 rings (SSSR count). The standard InChI is InChI=1S/2C19H34N2O13/c1-2-20-11(24)4-3-8(17(29)30)21-7-19(31)16(28)15(9(23)6-32-19)34-18-14(27)13(26)12(25)10(5-22)33-18;1-2-20-11(24)4-3-8(17(29)30)21-7-19(31)16(28)15(10(6-23)34-19)33-18-14(27)13(26)12(25)9(5-22)32-18/h2*8-10,12-16,18,21-23,25-28,31H,2-7H2,1H3,(H,20,24)(H,29,30)/t2*8-,9+,10+,12+,13-,14+,15?,16-,18+,19?/m00/s1. The molecule has 4 aliphatic rings. The molecule has 68 heavy (non-hydrogen) atoms. The lowest BCUT2D eigenvalue weighted by molar-refractivity contribution is -0.367. The molecule has 4 fully saturated rings. The van der Waals surface area contributed by atoms with E-state index in [4.69, 9.17) is 28.4 Å². The van der Waals surface area contributed by atoms with Crippen molar-refractivity contribution in [3.63, 3.8) is 0 Å². The number of rotatable bonds is 23. The summed E-state index contributed by atoms with van der Waals surface area (Å²) in [7, 11) is 0. The van der Waals surface area contributed by atoms with Crippen molar-refractivity contribution in [1.82, 2.24) is 21.3 Å². The van der Waals surface area contributed by atoms with E-state index in [1.165, 1.54) is 0 Å². The van der Waals surface area contributed by atoms with E-state index >= 15 is 0 Å². The molecule has 4 aliphatic heterocycles. The molecule has 0 radical (unpaired) electrons. The van der Waals surface area contributed by atoms with Crippen molar-refractivity contribution >= 4 is 23.8 Å². The lowest BCUT2D eigenvalue weighted by atomic mass is 9.95. The first-order chi connectivity index (χ1) is 31.9. The Morgan fingerprint density at radius 2 is 0.985 bits per heavy atom. The van der Waals surface area contributed by atoms with E-state index in [1.54, 1.807) is 13.8 Å². The zero-order valence-electron chi connectivity index (χ0n) is 37.1. The van der Waals surface area contributed by atoms with Gasteiger partial charge in [-0.2, -0.15) is 0 Å².